The molecule has 0 aliphatic heterocycles. The van der Waals surface area contributed by atoms with E-state index >= 15 is 0 Å². The number of aliphatic hydroxyl groups excluding tert-OH is 1. The maximum atomic E-state index is 9.81. The van der Waals surface area contributed by atoms with Crippen LogP contribution in [0.25, 0.3) is 0 Å². The van der Waals surface area contributed by atoms with Gasteiger partial charge in [0, 0.05) is 10.2 Å². The largest absolute Gasteiger partial charge is 0.394 e. The third kappa shape index (κ3) is 3.72. The Hall–Kier alpha value is -0.540. The highest BCUT2D eigenvalue weighted by Crippen LogP contribution is 2.30. The summed E-state index contributed by atoms with van der Waals surface area (Å²) >= 11 is 3.49. The van der Waals surface area contributed by atoms with Crippen LogP contribution >= 0.6 is 15.9 Å². The summed E-state index contributed by atoms with van der Waals surface area (Å²) in [6.45, 7) is 0.222. The van der Waals surface area contributed by atoms with Gasteiger partial charge in [0.25, 0.3) is 0 Å². The van der Waals surface area contributed by atoms with Crippen LogP contribution in [0, 0.1) is 0 Å². The van der Waals surface area contributed by atoms with Gasteiger partial charge in [-0.05, 0) is 31.0 Å². The molecule has 3 heteroatoms. The molecule has 100 valence electrons. The van der Waals surface area contributed by atoms with Crippen LogP contribution in [0.15, 0.2) is 28.7 Å². The van der Waals surface area contributed by atoms with Crippen LogP contribution in [0.1, 0.15) is 44.9 Å². The van der Waals surface area contributed by atoms with Crippen molar-refractivity contribution in [2.45, 2.75) is 50.5 Å². The van der Waals surface area contributed by atoms with E-state index in [-0.39, 0.29) is 12.1 Å². The van der Waals surface area contributed by atoms with Crippen molar-refractivity contribution >= 4 is 21.6 Å². The second kappa shape index (κ2) is 6.58. The molecule has 0 saturated heterocycles. The zero-order valence-electron chi connectivity index (χ0n) is 10.8. The summed E-state index contributed by atoms with van der Waals surface area (Å²) in [4.78, 5) is 0. The van der Waals surface area contributed by atoms with E-state index in [1.807, 2.05) is 12.1 Å². The van der Waals surface area contributed by atoms with Crippen LogP contribution in [-0.4, -0.2) is 17.3 Å². The van der Waals surface area contributed by atoms with E-state index < -0.39 is 0 Å². The SMILES string of the molecule is OCC1(Nc2cccc(Br)c2)CCCCCCC1. The van der Waals surface area contributed by atoms with Crippen LogP contribution in [-0.2, 0) is 0 Å². The number of anilines is 1. The number of aliphatic hydroxyl groups is 1. The molecule has 1 fully saturated rings. The van der Waals surface area contributed by atoms with Crippen molar-refractivity contribution in [2.24, 2.45) is 0 Å². The second-order valence-corrected chi connectivity index (χ2v) is 6.26. The molecule has 0 atom stereocenters. The molecule has 0 unspecified atom stereocenters. The molecule has 2 N–H and O–H groups in total. The lowest BCUT2D eigenvalue weighted by Gasteiger charge is -2.35. The summed E-state index contributed by atoms with van der Waals surface area (Å²) in [5, 5.41) is 13.4. The zero-order valence-corrected chi connectivity index (χ0v) is 12.4. The van der Waals surface area contributed by atoms with Crippen LogP contribution < -0.4 is 5.32 Å². The van der Waals surface area contributed by atoms with Crippen molar-refractivity contribution in [3.63, 3.8) is 0 Å². The molecule has 1 saturated carbocycles. The number of rotatable bonds is 3. The van der Waals surface area contributed by atoms with E-state index in [0.29, 0.717) is 0 Å². The van der Waals surface area contributed by atoms with Crippen molar-refractivity contribution in [1.82, 2.24) is 0 Å². The Morgan fingerprint density at radius 1 is 1.11 bits per heavy atom. The molecule has 0 radical (unpaired) electrons. The number of nitrogens with one attached hydrogen (secondary N) is 1. The quantitative estimate of drug-likeness (QED) is 0.870. The third-order valence-electron chi connectivity index (χ3n) is 3.85. The van der Waals surface area contributed by atoms with Crippen LogP contribution in [0.2, 0.25) is 0 Å². The fraction of sp³-hybridized carbons (Fsp3) is 0.600. The summed E-state index contributed by atoms with van der Waals surface area (Å²) < 4.78 is 1.08. The molecule has 2 nitrogen and oxygen atoms in total. The van der Waals surface area contributed by atoms with Crippen molar-refractivity contribution in [3.05, 3.63) is 28.7 Å². The summed E-state index contributed by atoms with van der Waals surface area (Å²) in [5.74, 6) is 0. The average Bonchev–Trinajstić information content (AvgIpc) is 2.33. The molecular formula is C15H22BrNO. The molecule has 0 aromatic heterocycles. The summed E-state index contributed by atoms with van der Waals surface area (Å²) in [6.07, 6.45) is 8.48. The standard InChI is InChI=1S/C15H22BrNO/c16-13-7-6-8-14(11-13)17-15(12-18)9-4-2-1-3-5-10-15/h6-8,11,17-18H,1-5,9-10,12H2. The molecule has 0 heterocycles. The number of hydrogen-bond donors (Lipinski definition) is 2. The maximum absolute atomic E-state index is 9.81. The Bertz CT molecular complexity index is 373. The van der Waals surface area contributed by atoms with Crippen LogP contribution in [0.3, 0.4) is 0 Å². The van der Waals surface area contributed by atoms with E-state index in [0.717, 1.165) is 23.0 Å². The normalized spacial score (nSPS) is 19.9. The van der Waals surface area contributed by atoms with Gasteiger partial charge < -0.3 is 10.4 Å². The highest BCUT2D eigenvalue weighted by molar-refractivity contribution is 9.10. The highest BCUT2D eigenvalue weighted by Gasteiger charge is 2.29. The lowest BCUT2D eigenvalue weighted by Crippen LogP contribution is -2.42. The van der Waals surface area contributed by atoms with Gasteiger partial charge in [-0.25, -0.2) is 0 Å². The number of hydrogen-bond acceptors (Lipinski definition) is 2. The zero-order chi connectivity index (χ0) is 12.8. The van der Waals surface area contributed by atoms with Crippen molar-refractivity contribution in [2.75, 3.05) is 11.9 Å². The molecule has 1 aliphatic carbocycles. The van der Waals surface area contributed by atoms with Gasteiger partial charge >= 0.3 is 0 Å². The van der Waals surface area contributed by atoms with Gasteiger partial charge in [0.15, 0.2) is 0 Å². The van der Waals surface area contributed by atoms with Crippen molar-refractivity contribution in [1.29, 1.82) is 0 Å². The first-order valence-electron chi connectivity index (χ1n) is 6.89. The predicted molar refractivity (Wildman–Crippen MR) is 79.9 cm³/mol. The fourth-order valence-corrected chi connectivity index (χ4v) is 3.18. The lowest BCUT2D eigenvalue weighted by molar-refractivity contribution is 0.182. The molecule has 18 heavy (non-hydrogen) atoms. The van der Waals surface area contributed by atoms with E-state index in [1.165, 1.54) is 32.1 Å². The molecule has 1 aliphatic rings. The van der Waals surface area contributed by atoms with E-state index in [4.69, 9.17) is 0 Å². The molecule has 0 amide bonds. The Morgan fingerprint density at radius 3 is 2.39 bits per heavy atom. The minimum Gasteiger partial charge on any atom is -0.394 e. The van der Waals surface area contributed by atoms with Gasteiger partial charge in [0.05, 0.1) is 12.1 Å². The van der Waals surface area contributed by atoms with Gasteiger partial charge in [0.1, 0.15) is 0 Å². The fourth-order valence-electron chi connectivity index (χ4n) is 2.78. The molecule has 1 aromatic carbocycles. The predicted octanol–water partition coefficient (Wildman–Crippen LogP) is 4.34. The number of benzene rings is 1. The minimum atomic E-state index is -0.124. The van der Waals surface area contributed by atoms with E-state index in [9.17, 15) is 5.11 Å². The average molecular weight is 312 g/mol. The van der Waals surface area contributed by atoms with Gasteiger partial charge in [-0.15, -0.1) is 0 Å². The monoisotopic (exact) mass is 311 g/mol. The Balaban J connectivity index is 2.10. The number of halogens is 1. The van der Waals surface area contributed by atoms with Crippen LogP contribution in [0.5, 0.6) is 0 Å². The highest BCUT2D eigenvalue weighted by atomic mass is 79.9. The summed E-state index contributed by atoms with van der Waals surface area (Å²) in [7, 11) is 0. The van der Waals surface area contributed by atoms with E-state index in [1.54, 1.807) is 0 Å². The Labute approximate surface area is 118 Å². The first-order chi connectivity index (χ1) is 8.74. The molecular weight excluding hydrogens is 290 g/mol. The molecule has 0 spiro atoms. The van der Waals surface area contributed by atoms with Gasteiger partial charge in [-0.2, -0.15) is 0 Å². The Kier molecular flexibility index (Phi) is 5.07. The molecule has 1 aromatic rings. The minimum absolute atomic E-state index is 0.124. The maximum Gasteiger partial charge on any atom is 0.0661 e. The van der Waals surface area contributed by atoms with Gasteiger partial charge in [-0.1, -0.05) is 54.1 Å². The smallest absolute Gasteiger partial charge is 0.0661 e. The first kappa shape index (κ1) is 13.9. The summed E-state index contributed by atoms with van der Waals surface area (Å²) in [5.41, 5.74) is 0.972. The van der Waals surface area contributed by atoms with Crippen LogP contribution in [0.4, 0.5) is 5.69 Å². The molecule has 0 bridgehead atoms. The van der Waals surface area contributed by atoms with Gasteiger partial charge in [-0.3, -0.25) is 0 Å². The van der Waals surface area contributed by atoms with Gasteiger partial charge in [0.2, 0.25) is 0 Å². The summed E-state index contributed by atoms with van der Waals surface area (Å²) in [6, 6.07) is 8.20. The Morgan fingerprint density at radius 2 is 1.78 bits per heavy atom. The first-order valence-corrected chi connectivity index (χ1v) is 7.68. The van der Waals surface area contributed by atoms with E-state index in [2.05, 4.69) is 33.4 Å². The topological polar surface area (TPSA) is 32.3 Å². The lowest BCUT2D eigenvalue weighted by atomic mass is 9.84. The second-order valence-electron chi connectivity index (χ2n) is 5.34. The third-order valence-corrected chi connectivity index (χ3v) is 4.34. The van der Waals surface area contributed by atoms with Crippen molar-refractivity contribution < 1.29 is 5.11 Å². The van der Waals surface area contributed by atoms with Crippen molar-refractivity contribution in [3.8, 4) is 0 Å². The molecule has 2 rings (SSSR count).